The summed E-state index contributed by atoms with van der Waals surface area (Å²) < 4.78 is 1.80. The molecule has 0 bridgehead atoms. The molecule has 142 valence electrons. The Morgan fingerprint density at radius 1 is 0.793 bits per heavy atom. The molecule has 0 unspecified atom stereocenters. The maximum Gasteiger partial charge on any atom is 0.298 e. The van der Waals surface area contributed by atoms with E-state index in [9.17, 15) is 4.79 Å². The first kappa shape index (κ1) is 19.5. The molecule has 29 heavy (non-hydrogen) atoms. The van der Waals surface area contributed by atoms with E-state index in [1.54, 1.807) is 12.3 Å². The fourth-order valence-corrected chi connectivity index (χ4v) is 3.61. The lowest BCUT2D eigenvalue weighted by Gasteiger charge is -2.12. The number of hydrogen-bond donors (Lipinski definition) is 0. The van der Waals surface area contributed by atoms with E-state index in [4.69, 9.17) is 0 Å². The molecule has 0 saturated heterocycles. The molecule has 0 aromatic heterocycles. The van der Waals surface area contributed by atoms with Gasteiger partial charge in [0.2, 0.25) is 0 Å². The number of aliphatic imine (C=N–C) groups is 1. The average Bonchev–Trinajstić information content (AvgIpc) is 3.05. The highest BCUT2D eigenvalue weighted by Gasteiger charge is 2.31. The summed E-state index contributed by atoms with van der Waals surface area (Å²) in [5.74, 6) is 0.222. The van der Waals surface area contributed by atoms with Gasteiger partial charge in [0.1, 0.15) is 5.70 Å². The molecular formula is C23H15Br2N3O. The number of hydrazone groups is 1. The maximum absolute atomic E-state index is 13.1. The van der Waals surface area contributed by atoms with Crippen LogP contribution >= 0.6 is 31.9 Å². The summed E-state index contributed by atoms with van der Waals surface area (Å²) >= 11 is 7.02. The van der Waals surface area contributed by atoms with Crippen LogP contribution in [0.4, 0.5) is 0 Å². The van der Waals surface area contributed by atoms with E-state index in [-0.39, 0.29) is 5.91 Å². The van der Waals surface area contributed by atoms with Crippen LogP contribution in [0.5, 0.6) is 0 Å². The van der Waals surface area contributed by atoms with Crippen LogP contribution in [0, 0.1) is 0 Å². The first-order valence-electron chi connectivity index (χ1n) is 8.87. The maximum atomic E-state index is 13.1. The number of nitrogens with zero attached hydrogens (tertiary/aromatic N) is 3. The minimum Gasteiger partial charge on any atom is -0.265 e. The minimum absolute atomic E-state index is 0.275. The van der Waals surface area contributed by atoms with E-state index in [0.29, 0.717) is 11.5 Å². The molecule has 0 N–H and O–H groups in total. The van der Waals surface area contributed by atoms with Gasteiger partial charge in [0.05, 0.1) is 6.21 Å². The van der Waals surface area contributed by atoms with Crippen molar-refractivity contribution >= 4 is 55.9 Å². The molecule has 1 amide bonds. The van der Waals surface area contributed by atoms with E-state index in [1.165, 1.54) is 5.01 Å². The molecule has 1 aliphatic rings. The molecule has 3 aromatic carbocycles. The second-order valence-corrected chi connectivity index (χ2v) is 7.94. The van der Waals surface area contributed by atoms with Crippen molar-refractivity contribution in [3.63, 3.8) is 0 Å². The Morgan fingerprint density at radius 3 is 2.03 bits per heavy atom. The van der Waals surface area contributed by atoms with Crippen LogP contribution < -0.4 is 0 Å². The molecule has 0 saturated carbocycles. The van der Waals surface area contributed by atoms with Crippen molar-refractivity contribution in [2.24, 2.45) is 10.1 Å². The van der Waals surface area contributed by atoms with Gasteiger partial charge in [0.25, 0.3) is 5.91 Å². The summed E-state index contributed by atoms with van der Waals surface area (Å²) in [6.07, 6.45) is 3.42. The number of carbonyl (C=O) groups is 1. The number of amidine groups is 1. The van der Waals surface area contributed by atoms with Crippen LogP contribution in [0.25, 0.3) is 6.08 Å². The van der Waals surface area contributed by atoms with Crippen LogP contribution in [0.3, 0.4) is 0 Å². The number of rotatable bonds is 4. The molecule has 6 heteroatoms. The summed E-state index contributed by atoms with van der Waals surface area (Å²) in [6, 6.07) is 25.0. The van der Waals surface area contributed by atoms with Gasteiger partial charge in [0, 0.05) is 20.1 Å². The fourth-order valence-electron chi connectivity index (χ4n) is 2.83. The van der Waals surface area contributed by atoms with Gasteiger partial charge in [-0.3, -0.25) is 4.79 Å². The van der Waals surface area contributed by atoms with Crippen LogP contribution in [-0.2, 0) is 4.79 Å². The number of carbonyl (C=O) groups excluding carboxylic acids is 1. The van der Waals surface area contributed by atoms with E-state index >= 15 is 0 Å². The molecule has 0 radical (unpaired) electrons. The molecule has 1 aliphatic heterocycles. The lowest BCUT2D eigenvalue weighted by molar-refractivity contribution is -0.122. The number of amides is 1. The second kappa shape index (κ2) is 8.68. The summed E-state index contributed by atoms with van der Waals surface area (Å²) in [4.78, 5) is 17.7. The zero-order chi connectivity index (χ0) is 20.2. The van der Waals surface area contributed by atoms with E-state index in [0.717, 1.165) is 25.6 Å². The van der Waals surface area contributed by atoms with Crippen molar-refractivity contribution in [3.05, 3.63) is 110 Å². The molecule has 3 aromatic rings. The lowest BCUT2D eigenvalue weighted by Crippen LogP contribution is -2.27. The van der Waals surface area contributed by atoms with Crippen molar-refractivity contribution in [2.45, 2.75) is 0 Å². The highest BCUT2D eigenvalue weighted by atomic mass is 79.9. The smallest absolute Gasteiger partial charge is 0.265 e. The van der Waals surface area contributed by atoms with Gasteiger partial charge in [-0.1, -0.05) is 98.6 Å². The molecule has 0 aliphatic carbocycles. The zero-order valence-electron chi connectivity index (χ0n) is 15.2. The van der Waals surface area contributed by atoms with Gasteiger partial charge in [-0.15, -0.1) is 0 Å². The van der Waals surface area contributed by atoms with Crippen molar-refractivity contribution in [2.75, 3.05) is 0 Å². The molecule has 4 rings (SSSR count). The second-order valence-electron chi connectivity index (χ2n) is 6.24. The topological polar surface area (TPSA) is 45.0 Å². The van der Waals surface area contributed by atoms with Crippen molar-refractivity contribution in [1.82, 2.24) is 5.01 Å². The predicted octanol–water partition coefficient (Wildman–Crippen LogP) is 5.88. The Labute approximate surface area is 185 Å². The summed E-state index contributed by atoms with van der Waals surface area (Å²) in [6.45, 7) is 0. The van der Waals surface area contributed by atoms with Crippen LogP contribution in [0.15, 0.2) is 104 Å². The lowest BCUT2D eigenvalue weighted by atomic mass is 10.2. The van der Waals surface area contributed by atoms with Crippen molar-refractivity contribution in [3.8, 4) is 0 Å². The van der Waals surface area contributed by atoms with E-state index in [1.807, 2.05) is 78.9 Å². The van der Waals surface area contributed by atoms with Gasteiger partial charge >= 0.3 is 0 Å². The van der Waals surface area contributed by atoms with Gasteiger partial charge in [-0.05, 0) is 23.8 Å². The molecule has 0 spiro atoms. The Hall–Kier alpha value is -2.83. The third kappa shape index (κ3) is 4.28. The average molecular weight is 509 g/mol. The van der Waals surface area contributed by atoms with Gasteiger partial charge < -0.3 is 0 Å². The Kier molecular flexibility index (Phi) is 5.83. The first-order chi connectivity index (χ1) is 14.1. The normalized spacial score (nSPS) is 15.4. The first-order valence-corrected chi connectivity index (χ1v) is 10.5. The van der Waals surface area contributed by atoms with Crippen LogP contribution in [0.1, 0.15) is 16.7 Å². The zero-order valence-corrected chi connectivity index (χ0v) is 18.3. The predicted molar refractivity (Wildman–Crippen MR) is 124 cm³/mol. The van der Waals surface area contributed by atoms with Crippen LogP contribution in [0.2, 0.25) is 0 Å². The SMILES string of the molecule is O=C1/C(=C/c2ccccc2Br)N=C(c2ccccc2)N1/N=C/c1ccccc1Br. The molecule has 4 nitrogen and oxygen atoms in total. The van der Waals surface area contributed by atoms with Gasteiger partial charge in [-0.2, -0.15) is 10.1 Å². The third-order valence-corrected chi connectivity index (χ3v) is 5.73. The van der Waals surface area contributed by atoms with E-state index < -0.39 is 0 Å². The van der Waals surface area contributed by atoms with Gasteiger partial charge in [-0.25, -0.2) is 4.99 Å². The summed E-state index contributed by atoms with van der Waals surface area (Å²) in [7, 11) is 0. The number of halogens is 2. The molecular weight excluding hydrogens is 494 g/mol. The Balaban J connectivity index is 1.76. The number of benzene rings is 3. The van der Waals surface area contributed by atoms with Crippen molar-refractivity contribution < 1.29 is 4.79 Å². The fraction of sp³-hybridized carbons (Fsp3) is 0. The number of hydrogen-bond acceptors (Lipinski definition) is 3. The minimum atomic E-state index is -0.275. The molecule has 0 atom stereocenters. The van der Waals surface area contributed by atoms with E-state index in [2.05, 4.69) is 42.0 Å². The monoisotopic (exact) mass is 507 g/mol. The Bertz CT molecular complexity index is 1150. The third-order valence-electron chi connectivity index (χ3n) is 4.29. The summed E-state index contributed by atoms with van der Waals surface area (Å²) in [5, 5.41) is 5.80. The van der Waals surface area contributed by atoms with Crippen molar-refractivity contribution in [1.29, 1.82) is 0 Å². The van der Waals surface area contributed by atoms with Crippen LogP contribution in [-0.4, -0.2) is 23.0 Å². The summed E-state index contributed by atoms with van der Waals surface area (Å²) in [5.41, 5.74) is 2.90. The highest BCUT2D eigenvalue weighted by molar-refractivity contribution is 9.10. The highest BCUT2D eigenvalue weighted by Crippen LogP contribution is 2.25. The Morgan fingerprint density at radius 2 is 1.38 bits per heavy atom. The van der Waals surface area contributed by atoms with Gasteiger partial charge in [0.15, 0.2) is 5.84 Å². The molecule has 0 fully saturated rings. The quantitative estimate of drug-likeness (QED) is 0.321. The largest absolute Gasteiger partial charge is 0.298 e. The standard InChI is InChI=1S/C23H15Br2N3O/c24-19-12-6-4-10-17(19)14-21-23(29)28(22(27-21)16-8-2-1-3-9-16)26-15-18-11-5-7-13-20(18)25/h1-15H/b21-14-,26-15+. The molecule has 1 heterocycles.